The smallest absolute Gasteiger partial charge is 0.264 e. The largest absolute Gasteiger partial charge is 0.496 e. The molecule has 0 heterocycles. The molecule has 0 amide bonds. The highest BCUT2D eigenvalue weighted by Crippen LogP contribution is 2.36. The summed E-state index contributed by atoms with van der Waals surface area (Å²) in [6.45, 7) is 3.71. The quantitative estimate of drug-likeness (QED) is 0.588. The van der Waals surface area contributed by atoms with Gasteiger partial charge in [-0.25, -0.2) is 8.42 Å². The Balaban J connectivity index is 2.61. The van der Waals surface area contributed by atoms with Crippen LogP contribution in [0.25, 0.3) is 0 Å². The number of hydrogen-bond donors (Lipinski definition) is 0. The molecule has 0 saturated heterocycles. The summed E-state index contributed by atoms with van der Waals surface area (Å²) in [4.78, 5) is 0.101. The first-order valence-corrected chi connectivity index (χ1v) is 9.77. The van der Waals surface area contributed by atoms with E-state index in [0.717, 1.165) is 0 Å². The van der Waals surface area contributed by atoms with Gasteiger partial charge < -0.3 is 9.47 Å². The van der Waals surface area contributed by atoms with Gasteiger partial charge in [-0.1, -0.05) is 17.7 Å². The number of ether oxygens (including phenoxy) is 2. The van der Waals surface area contributed by atoms with E-state index in [1.807, 2.05) is 0 Å². The zero-order valence-corrected chi connectivity index (χ0v) is 16.9. The van der Waals surface area contributed by atoms with Gasteiger partial charge in [0.15, 0.2) is 0 Å². The molecule has 0 aliphatic rings. The maximum Gasteiger partial charge on any atom is 0.264 e. The van der Waals surface area contributed by atoms with Crippen molar-refractivity contribution < 1.29 is 17.9 Å². The van der Waals surface area contributed by atoms with E-state index in [0.29, 0.717) is 26.7 Å². The SMILES string of the molecule is C=CCN(c1cc(Cl)ccc1OC)S(=O)(=O)c1ccc(OC)c(Br)c1. The van der Waals surface area contributed by atoms with Crippen LogP contribution in [0.5, 0.6) is 11.5 Å². The van der Waals surface area contributed by atoms with E-state index < -0.39 is 10.0 Å². The number of benzene rings is 2. The van der Waals surface area contributed by atoms with Gasteiger partial charge >= 0.3 is 0 Å². The fourth-order valence-electron chi connectivity index (χ4n) is 2.24. The van der Waals surface area contributed by atoms with Gasteiger partial charge in [0.1, 0.15) is 11.5 Å². The molecule has 8 heteroatoms. The van der Waals surface area contributed by atoms with Crippen molar-refractivity contribution in [3.8, 4) is 11.5 Å². The number of halogens is 2. The predicted octanol–water partition coefficient (Wildman–Crippen LogP) is 4.50. The normalized spacial score (nSPS) is 11.0. The van der Waals surface area contributed by atoms with Gasteiger partial charge in [-0.05, 0) is 52.3 Å². The van der Waals surface area contributed by atoms with Gasteiger partial charge in [-0.15, -0.1) is 6.58 Å². The molecule has 0 bridgehead atoms. The van der Waals surface area contributed by atoms with Crippen molar-refractivity contribution in [2.24, 2.45) is 0 Å². The standard InChI is InChI=1S/C17H17BrClNO4S/c1-4-9-20(15-10-12(19)5-7-17(15)24-3)25(21,22)13-6-8-16(23-2)14(18)11-13/h4-8,10-11H,1,9H2,2-3H3. The average molecular weight is 447 g/mol. The molecule has 0 radical (unpaired) electrons. The van der Waals surface area contributed by atoms with Gasteiger partial charge in [0.05, 0.1) is 35.8 Å². The topological polar surface area (TPSA) is 55.8 Å². The molecule has 0 aromatic heterocycles. The third-order valence-electron chi connectivity index (χ3n) is 3.42. The fourth-order valence-corrected chi connectivity index (χ4v) is 4.56. The van der Waals surface area contributed by atoms with Crippen molar-refractivity contribution in [1.82, 2.24) is 0 Å². The summed E-state index contributed by atoms with van der Waals surface area (Å²) in [6, 6.07) is 9.34. The van der Waals surface area contributed by atoms with Crippen molar-refractivity contribution >= 4 is 43.2 Å². The molecule has 0 atom stereocenters. The van der Waals surface area contributed by atoms with E-state index in [1.165, 1.54) is 36.7 Å². The summed E-state index contributed by atoms with van der Waals surface area (Å²) in [6.07, 6.45) is 1.50. The number of nitrogens with zero attached hydrogens (tertiary/aromatic N) is 1. The number of sulfonamides is 1. The van der Waals surface area contributed by atoms with E-state index in [4.69, 9.17) is 21.1 Å². The summed E-state index contributed by atoms with van der Waals surface area (Å²) >= 11 is 9.36. The lowest BCUT2D eigenvalue weighted by Gasteiger charge is -2.25. The van der Waals surface area contributed by atoms with E-state index >= 15 is 0 Å². The molecule has 0 unspecified atom stereocenters. The molecule has 25 heavy (non-hydrogen) atoms. The molecule has 5 nitrogen and oxygen atoms in total. The summed E-state index contributed by atoms with van der Waals surface area (Å²) in [5.41, 5.74) is 0.335. The van der Waals surface area contributed by atoms with Gasteiger partial charge in [0.2, 0.25) is 0 Å². The van der Waals surface area contributed by atoms with Crippen molar-refractivity contribution in [3.05, 3.63) is 58.5 Å². The van der Waals surface area contributed by atoms with Crippen LogP contribution in [0.3, 0.4) is 0 Å². The van der Waals surface area contributed by atoms with Crippen LogP contribution >= 0.6 is 27.5 Å². The van der Waals surface area contributed by atoms with Crippen molar-refractivity contribution in [1.29, 1.82) is 0 Å². The van der Waals surface area contributed by atoms with E-state index in [2.05, 4.69) is 22.5 Å². The van der Waals surface area contributed by atoms with Crippen molar-refractivity contribution in [2.75, 3.05) is 25.1 Å². The minimum Gasteiger partial charge on any atom is -0.496 e. The summed E-state index contributed by atoms with van der Waals surface area (Å²) in [7, 11) is -0.899. The van der Waals surface area contributed by atoms with Crippen LogP contribution in [-0.2, 0) is 10.0 Å². The van der Waals surface area contributed by atoms with Gasteiger partial charge in [0.25, 0.3) is 10.0 Å². The number of anilines is 1. The number of methoxy groups -OCH3 is 2. The van der Waals surface area contributed by atoms with Gasteiger partial charge in [0, 0.05) is 5.02 Å². The van der Waals surface area contributed by atoms with E-state index in [9.17, 15) is 8.42 Å². The first kappa shape index (κ1) is 19.6. The zero-order chi connectivity index (χ0) is 18.6. The summed E-state index contributed by atoms with van der Waals surface area (Å²) < 4.78 is 38.5. The Kier molecular flexibility index (Phi) is 6.37. The average Bonchev–Trinajstić information content (AvgIpc) is 2.59. The van der Waals surface area contributed by atoms with Gasteiger partial charge in [-0.3, -0.25) is 4.31 Å². The highest BCUT2D eigenvalue weighted by Gasteiger charge is 2.27. The monoisotopic (exact) mass is 445 g/mol. The first-order valence-electron chi connectivity index (χ1n) is 7.16. The van der Waals surface area contributed by atoms with Crippen LogP contribution in [-0.4, -0.2) is 29.2 Å². The Hall–Kier alpha value is -1.70. The second kappa shape index (κ2) is 8.12. The lowest BCUT2D eigenvalue weighted by atomic mass is 10.3. The van der Waals surface area contributed by atoms with Crippen LogP contribution in [0, 0.1) is 0 Å². The molecule has 0 aliphatic carbocycles. The highest BCUT2D eigenvalue weighted by atomic mass is 79.9. The van der Waals surface area contributed by atoms with Gasteiger partial charge in [-0.2, -0.15) is 0 Å². The molecule has 2 aromatic rings. The van der Waals surface area contributed by atoms with E-state index in [1.54, 1.807) is 24.3 Å². The minimum atomic E-state index is -3.88. The van der Waals surface area contributed by atoms with Crippen LogP contribution in [0.4, 0.5) is 5.69 Å². The third kappa shape index (κ3) is 4.11. The highest BCUT2D eigenvalue weighted by molar-refractivity contribution is 9.10. The Morgan fingerprint density at radius 1 is 1.16 bits per heavy atom. The lowest BCUT2D eigenvalue weighted by molar-refractivity contribution is 0.411. The molecule has 0 saturated carbocycles. The van der Waals surface area contributed by atoms with Crippen LogP contribution in [0.2, 0.25) is 5.02 Å². The molecule has 0 aliphatic heterocycles. The van der Waals surface area contributed by atoms with Crippen molar-refractivity contribution in [3.63, 3.8) is 0 Å². The Morgan fingerprint density at radius 2 is 1.80 bits per heavy atom. The van der Waals surface area contributed by atoms with E-state index in [-0.39, 0.29) is 11.4 Å². The molecule has 2 aromatic carbocycles. The Labute approximate surface area is 161 Å². The predicted molar refractivity (Wildman–Crippen MR) is 103 cm³/mol. The lowest BCUT2D eigenvalue weighted by Crippen LogP contribution is -2.31. The Morgan fingerprint density at radius 3 is 2.36 bits per heavy atom. The van der Waals surface area contributed by atoms with Crippen LogP contribution < -0.4 is 13.8 Å². The molecule has 0 spiro atoms. The minimum absolute atomic E-state index is 0.0582. The molecular formula is C17H17BrClNO4S. The molecule has 134 valence electrons. The third-order valence-corrected chi connectivity index (χ3v) is 6.05. The summed E-state index contributed by atoms with van der Waals surface area (Å²) in [5, 5.41) is 0.399. The second-order valence-corrected chi connectivity index (χ2v) is 8.09. The summed E-state index contributed by atoms with van der Waals surface area (Å²) in [5.74, 6) is 0.928. The Bertz CT molecular complexity index is 886. The molecular weight excluding hydrogens is 430 g/mol. The maximum atomic E-state index is 13.2. The van der Waals surface area contributed by atoms with Crippen LogP contribution in [0.15, 0.2) is 58.4 Å². The van der Waals surface area contributed by atoms with Crippen molar-refractivity contribution in [2.45, 2.75) is 4.90 Å². The molecule has 2 rings (SSSR count). The van der Waals surface area contributed by atoms with Crippen LogP contribution in [0.1, 0.15) is 0 Å². The number of rotatable bonds is 7. The zero-order valence-electron chi connectivity index (χ0n) is 13.7. The molecule has 0 N–H and O–H groups in total. The number of hydrogen-bond acceptors (Lipinski definition) is 4. The maximum absolute atomic E-state index is 13.2. The second-order valence-electron chi connectivity index (χ2n) is 4.94. The fraction of sp³-hybridized carbons (Fsp3) is 0.176. The molecule has 0 fully saturated rings. The first-order chi connectivity index (χ1) is 11.8.